The molecular formula is C20H27N2O. The van der Waals surface area contributed by atoms with Gasteiger partial charge in [-0.1, -0.05) is 70.2 Å². The number of rotatable bonds is 10. The van der Waals surface area contributed by atoms with Crippen LogP contribution >= 0.6 is 0 Å². The molecule has 3 nitrogen and oxygen atoms in total. The van der Waals surface area contributed by atoms with Crippen molar-refractivity contribution in [3.8, 4) is 17.1 Å². The summed E-state index contributed by atoms with van der Waals surface area (Å²) in [7, 11) is 0. The molecule has 1 radical (unpaired) electrons. The van der Waals surface area contributed by atoms with E-state index in [-0.39, 0.29) is 0 Å². The molecule has 1 atom stereocenters. The molecule has 3 heteroatoms. The lowest BCUT2D eigenvalue weighted by atomic mass is 10.0. The quantitative estimate of drug-likeness (QED) is 0.557. The van der Waals surface area contributed by atoms with Gasteiger partial charge in [0.2, 0.25) is 0 Å². The zero-order chi connectivity index (χ0) is 16.3. The minimum atomic E-state index is 0.468. The van der Waals surface area contributed by atoms with Crippen LogP contribution in [0.5, 0.6) is 6.01 Å². The van der Waals surface area contributed by atoms with E-state index in [4.69, 9.17) is 4.74 Å². The summed E-state index contributed by atoms with van der Waals surface area (Å²) in [6.45, 7) is 5.29. The van der Waals surface area contributed by atoms with Crippen molar-refractivity contribution in [3.63, 3.8) is 0 Å². The molecule has 2 rings (SSSR count). The van der Waals surface area contributed by atoms with Gasteiger partial charge < -0.3 is 4.74 Å². The molecule has 1 aromatic carbocycles. The number of hydrogen-bond acceptors (Lipinski definition) is 3. The molecule has 1 heterocycles. The Morgan fingerprint density at radius 2 is 1.70 bits per heavy atom. The fourth-order valence-corrected chi connectivity index (χ4v) is 2.44. The van der Waals surface area contributed by atoms with Gasteiger partial charge in [-0.05, 0) is 24.0 Å². The summed E-state index contributed by atoms with van der Waals surface area (Å²) in [6, 6.07) is 11.3. The Morgan fingerprint density at radius 1 is 1.00 bits per heavy atom. The Bertz CT molecular complexity index is 539. The maximum Gasteiger partial charge on any atom is 0.316 e. The summed E-state index contributed by atoms with van der Waals surface area (Å²) in [6.07, 6.45) is 11.2. The van der Waals surface area contributed by atoms with Crippen molar-refractivity contribution in [2.45, 2.75) is 52.4 Å². The van der Waals surface area contributed by atoms with Crippen LogP contribution in [0.2, 0.25) is 0 Å². The monoisotopic (exact) mass is 311 g/mol. The molecular weight excluding hydrogens is 284 g/mol. The molecule has 2 aromatic rings. The molecule has 123 valence electrons. The predicted molar refractivity (Wildman–Crippen MR) is 94.3 cm³/mol. The highest BCUT2D eigenvalue weighted by molar-refractivity contribution is 5.60. The SMILES string of the molecule is CC[C@H](C)CCCCCCOc1ncc(-c2cc[c]cc2)cn1. The minimum absolute atomic E-state index is 0.468. The van der Waals surface area contributed by atoms with Gasteiger partial charge in [0.05, 0.1) is 6.61 Å². The number of nitrogens with zero attached hydrogens (tertiary/aromatic N) is 2. The fraction of sp³-hybridized carbons (Fsp3) is 0.500. The fourth-order valence-electron chi connectivity index (χ4n) is 2.44. The molecule has 0 saturated carbocycles. The summed E-state index contributed by atoms with van der Waals surface area (Å²) in [5.41, 5.74) is 2.09. The molecule has 23 heavy (non-hydrogen) atoms. The Labute approximate surface area is 140 Å². The van der Waals surface area contributed by atoms with Crippen LogP contribution < -0.4 is 4.74 Å². The van der Waals surface area contributed by atoms with Crippen LogP contribution in [0.1, 0.15) is 52.4 Å². The van der Waals surface area contributed by atoms with Gasteiger partial charge >= 0.3 is 6.01 Å². The molecule has 0 fully saturated rings. The van der Waals surface area contributed by atoms with Gasteiger partial charge in [0.1, 0.15) is 0 Å². The number of hydrogen-bond donors (Lipinski definition) is 0. The van der Waals surface area contributed by atoms with Crippen LogP contribution in [-0.2, 0) is 0 Å². The second kappa shape index (κ2) is 9.98. The molecule has 0 spiro atoms. The molecule has 0 aliphatic carbocycles. The highest BCUT2D eigenvalue weighted by Crippen LogP contribution is 2.18. The predicted octanol–water partition coefficient (Wildman–Crippen LogP) is 5.32. The number of unbranched alkanes of at least 4 members (excludes halogenated alkanes) is 3. The van der Waals surface area contributed by atoms with E-state index in [2.05, 4.69) is 29.9 Å². The Hall–Kier alpha value is -1.90. The van der Waals surface area contributed by atoms with Gasteiger partial charge in [-0.3, -0.25) is 0 Å². The van der Waals surface area contributed by atoms with E-state index in [1.54, 1.807) is 0 Å². The largest absolute Gasteiger partial charge is 0.463 e. The van der Waals surface area contributed by atoms with Crippen LogP contribution in [0, 0.1) is 12.0 Å². The lowest BCUT2D eigenvalue weighted by Crippen LogP contribution is -2.01. The summed E-state index contributed by atoms with van der Waals surface area (Å²) in [4.78, 5) is 8.56. The van der Waals surface area contributed by atoms with Crippen molar-refractivity contribution >= 4 is 0 Å². The molecule has 0 saturated heterocycles. The van der Waals surface area contributed by atoms with Crippen molar-refractivity contribution < 1.29 is 4.74 Å². The van der Waals surface area contributed by atoms with Crippen LogP contribution in [0.3, 0.4) is 0 Å². The molecule has 0 aliphatic rings. The smallest absolute Gasteiger partial charge is 0.316 e. The van der Waals surface area contributed by atoms with Crippen LogP contribution in [0.4, 0.5) is 0 Å². The second-order valence-corrected chi connectivity index (χ2v) is 6.11. The molecule has 1 aromatic heterocycles. The average molecular weight is 311 g/mol. The van der Waals surface area contributed by atoms with E-state index >= 15 is 0 Å². The highest BCUT2D eigenvalue weighted by atomic mass is 16.5. The maximum absolute atomic E-state index is 5.62. The van der Waals surface area contributed by atoms with Crippen LogP contribution in [0.15, 0.2) is 36.7 Å². The third-order valence-electron chi connectivity index (χ3n) is 4.20. The Kier molecular flexibility index (Phi) is 7.58. The third kappa shape index (κ3) is 6.39. The standard InChI is InChI=1S/C20H27N2O/c1-3-17(2)11-7-4-5-10-14-23-20-21-15-19(16-22-20)18-12-8-6-9-13-18/h8-9,12-13,15-17H,3-5,7,10-11,14H2,1-2H3/t17-/m0/s1. The van der Waals surface area contributed by atoms with Crippen molar-refractivity contribution in [1.82, 2.24) is 9.97 Å². The summed E-state index contributed by atoms with van der Waals surface area (Å²) in [5.74, 6) is 0.862. The van der Waals surface area contributed by atoms with E-state index in [9.17, 15) is 0 Å². The summed E-state index contributed by atoms with van der Waals surface area (Å²) < 4.78 is 5.62. The zero-order valence-corrected chi connectivity index (χ0v) is 14.3. The van der Waals surface area contributed by atoms with Gasteiger partial charge in [-0.15, -0.1) is 0 Å². The average Bonchev–Trinajstić information content (AvgIpc) is 2.62. The van der Waals surface area contributed by atoms with E-state index < -0.39 is 0 Å². The van der Waals surface area contributed by atoms with Crippen LogP contribution in [-0.4, -0.2) is 16.6 Å². The lowest BCUT2D eigenvalue weighted by Gasteiger charge is -2.08. The van der Waals surface area contributed by atoms with Gasteiger partial charge in [0, 0.05) is 18.0 Å². The highest BCUT2D eigenvalue weighted by Gasteiger charge is 2.01. The van der Waals surface area contributed by atoms with E-state index in [1.165, 1.54) is 32.1 Å². The normalized spacial score (nSPS) is 12.1. The first-order valence-electron chi connectivity index (χ1n) is 8.71. The molecule has 0 amide bonds. The number of ether oxygens (including phenoxy) is 1. The Balaban J connectivity index is 1.63. The summed E-state index contributed by atoms with van der Waals surface area (Å²) >= 11 is 0. The van der Waals surface area contributed by atoms with E-state index in [0.717, 1.165) is 23.5 Å². The minimum Gasteiger partial charge on any atom is -0.463 e. The molecule has 0 bridgehead atoms. The molecule has 0 N–H and O–H groups in total. The number of aromatic nitrogens is 2. The topological polar surface area (TPSA) is 35.0 Å². The third-order valence-corrected chi connectivity index (χ3v) is 4.20. The summed E-state index contributed by atoms with van der Waals surface area (Å²) in [5, 5.41) is 0. The van der Waals surface area contributed by atoms with E-state index in [1.807, 2.05) is 36.7 Å². The number of benzene rings is 1. The first-order chi connectivity index (χ1) is 11.3. The van der Waals surface area contributed by atoms with Crippen molar-refractivity contribution in [2.24, 2.45) is 5.92 Å². The van der Waals surface area contributed by atoms with Crippen molar-refractivity contribution in [1.29, 1.82) is 0 Å². The lowest BCUT2D eigenvalue weighted by molar-refractivity contribution is 0.280. The van der Waals surface area contributed by atoms with Gasteiger partial charge in [0.25, 0.3) is 0 Å². The first-order valence-corrected chi connectivity index (χ1v) is 8.71. The molecule has 0 aliphatic heterocycles. The second-order valence-electron chi connectivity index (χ2n) is 6.11. The molecule has 0 unspecified atom stereocenters. The van der Waals surface area contributed by atoms with Gasteiger partial charge in [-0.25, -0.2) is 9.97 Å². The Morgan fingerprint density at radius 3 is 2.39 bits per heavy atom. The van der Waals surface area contributed by atoms with Crippen molar-refractivity contribution in [3.05, 3.63) is 42.7 Å². The van der Waals surface area contributed by atoms with E-state index in [0.29, 0.717) is 12.6 Å². The van der Waals surface area contributed by atoms with Crippen LogP contribution in [0.25, 0.3) is 11.1 Å². The maximum atomic E-state index is 5.62. The van der Waals surface area contributed by atoms with Crippen molar-refractivity contribution in [2.75, 3.05) is 6.61 Å². The zero-order valence-electron chi connectivity index (χ0n) is 14.3. The van der Waals surface area contributed by atoms with Gasteiger partial charge in [-0.2, -0.15) is 0 Å². The van der Waals surface area contributed by atoms with Gasteiger partial charge in [0.15, 0.2) is 0 Å². The first kappa shape index (κ1) is 17.5.